The third-order valence-corrected chi connectivity index (χ3v) is 11.8. The van der Waals surface area contributed by atoms with Crippen LogP contribution in [0.2, 0.25) is 10.0 Å². The number of aliphatic hydroxyl groups is 6. The van der Waals surface area contributed by atoms with E-state index in [1.807, 2.05) is 50.2 Å². The molecule has 0 spiro atoms. The number of nitrogens with zero attached hydrogens (tertiary/aromatic N) is 4. The van der Waals surface area contributed by atoms with Crippen molar-refractivity contribution in [2.75, 3.05) is 22.9 Å². The summed E-state index contributed by atoms with van der Waals surface area (Å²) in [5.74, 6) is 0. The van der Waals surface area contributed by atoms with Gasteiger partial charge in [0.05, 0.1) is 67.8 Å². The van der Waals surface area contributed by atoms with Gasteiger partial charge in [-0.2, -0.15) is 0 Å². The van der Waals surface area contributed by atoms with Gasteiger partial charge in [0.25, 0.3) is 0 Å². The van der Waals surface area contributed by atoms with E-state index in [2.05, 4.69) is 19.9 Å². The highest BCUT2D eigenvalue weighted by Gasteiger charge is 2.39. The van der Waals surface area contributed by atoms with Crippen molar-refractivity contribution >= 4 is 67.8 Å². The SMILES string of the molecule is CC(C)(O)c1ccnc(C(C)(C)O)c1N.CC(C)(O)c1ccnc(C(C)(C)O)c1N.CCC(O)(CC)c1nc2ccc(Cl)cc2cc1N.Nc1cc2cc(Cl)ccc2nc1C1(O)CCC1. The zero-order valence-corrected chi connectivity index (χ0v) is 40.5. The second-order valence-corrected chi connectivity index (χ2v) is 19.5. The molecule has 4 aromatic heterocycles. The average Bonchev–Trinajstić information content (AvgIpc) is 3.18. The van der Waals surface area contributed by atoms with E-state index in [0.717, 1.165) is 41.1 Å². The van der Waals surface area contributed by atoms with Crippen molar-refractivity contribution in [3.8, 4) is 0 Å². The lowest BCUT2D eigenvalue weighted by Gasteiger charge is -2.36. The van der Waals surface area contributed by atoms with Gasteiger partial charge in [0.15, 0.2) is 0 Å². The topological polar surface area (TPSA) is 277 Å². The summed E-state index contributed by atoms with van der Waals surface area (Å²) in [5.41, 5.74) is 24.1. The van der Waals surface area contributed by atoms with Crippen molar-refractivity contribution < 1.29 is 30.6 Å². The summed E-state index contributed by atoms with van der Waals surface area (Å²) in [4.78, 5) is 17.0. The van der Waals surface area contributed by atoms with Crippen LogP contribution >= 0.6 is 23.2 Å². The lowest BCUT2D eigenvalue weighted by Crippen LogP contribution is -2.35. The number of anilines is 4. The fourth-order valence-corrected chi connectivity index (χ4v) is 7.76. The molecule has 0 aliphatic heterocycles. The number of nitrogen functional groups attached to an aromatic ring is 4. The number of rotatable bonds is 8. The molecule has 2 aromatic carbocycles. The molecule has 14 N–H and O–H groups in total. The highest BCUT2D eigenvalue weighted by Crippen LogP contribution is 2.43. The third-order valence-electron chi connectivity index (χ3n) is 11.3. The molecule has 1 fully saturated rings. The number of pyridine rings is 4. The van der Waals surface area contributed by atoms with Crippen LogP contribution in [0.4, 0.5) is 22.7 Å². The first-order valence-corrected chi connectivity index (χ1v) is 22.2. The average molecular weight is 934 g/mol. The van der Waals surface area contributed by atoms with Crippen LogP contribution in [0.5, 0.6) is 0 Å². The highest BCUT2D eigenvalue weighted by atomic mass is 35.5. The molecule has 16 heteroatoms. The zero-order valence-electron chi connectivity index (χ0n) is 39.0. The van der Waals surface area contributed by atoms with E-state index in [4.69, 9.17) is 46.1 Å². The van der Waals surface area contributed by atoms with Crippen molar-refractivity contribution in [2.24, 2.45) is 0 Å². The van der Waals surface area contributed by atoms with Crippen molar-refractivity contribution in [1.29, 1.82) is 0 Å². The molecule has 0 amide bonds. The molecule has 4 heterocycles. The van der Waals surface area contributed by atoms with E-state index >= 15 is 0 Å². The van der Waals surface area contributed by atoms with Crippen LogP contribution in [0, 0.1) is 0 Å². The quantitative estimate of drug-likeness (QED) is 0.0685. The highest BCUT2D eigenvalue weighted by molar-refractivity contribution is 6.31. The summed E-state index contributed by atoms with van der Waals surface area (Å²) < 4.78 is 0. The minimum atomic E-state index is -1.11. The molecule has 0 saturated heterocycles. The molecule has 352 valence electrons. The summed E-state index contributed by atoms with van der Waals surface area (Å²) >= 11 is 11.9. The monoisotopic (exact) mass is 932 g/mol. The zero-order chi connectivity index (χ0) is 49.1. The van der Waals surface area contributed by atoms with Gasteiger partial charge < -0.3 is 53.6 Å². The van der Waals surface area contributed by atoms with Crippen LogP contribution in [0.1, 0.15) is 135 Å². The molecule has 0 unspecified atom stereocenters. The predicted molar refractivity (Wildman–Crippen MR) is 263 cm³/mol. The van der Waals surface area contributed by atoms with Gasteiger partial charge in [-0.25, -0.2) is 9.97 Å². The van der Waals surface area contributed by atoms with E-state index in [9.17, 15) is 30.6 Å². The van der Waals surface area contributed by atoms with Gasteiger partial charge in [-0.1, -0.05) is 37.0 Å². The molecule has 1 saturated carbocycles. The van der Waals surface area contributed by atoms with E-state index < -0.39 is 33.6 Å². The molecule has 1 aliphatic rings. The standard InChI is InChI=1S/C14H17ClN2O.C13H13ClN2O.2C11H18N2O2/c1-3-14(18,4-2)13-11(16)8-9-7-10(15)5-6-12(9)17-13;14-9-2-3-11-8(6-9)7-10(15)12(16-11)13(17)4-1-5-13;2*1-10(2,14)7-5-6-13-9(8(7)12)11(3,4)15/h5-8,18H,3-4,16H2,1-2H3;2-3,6-7,17H,1,4-5,15H2;2*5-6,14-15H,12H2,1-4H3. The summed E-state index contributed by atoms with van der Waals surface area (Å²) in [6.07, 6.45) is 6.75. The summed E-state index contributed by atoms with van der Waals surface area (Å²) in [7, 11) is 0. The number of hydrogen-bond donors (Lipinski definition) is 10. The van der Waals surface area contributed by atoms with Crippen LogP contribution in [0.25, 0.3) is 21.8 Å². The minimum Gasteiger partial charge on any atom is -0.397 e. The first kappa shape index (κ1) is 52.7. The van der Waals surface area contributed by atoms with Gasteiger partial charge in [-0.05, 0) is 148 Å². The number of halogens is 2. The van der Waals surface area contributed by atoms with Crippen molar-refractivity contribution in [2.45, 2.75) is 135 Å². The lowest BCUT2D eigenvalue weighted by atomic mass is 9.77. The summed E-state index contributed by atoms with van der Waals surface area (Å²) in [5, 5.41) is 63.4. The molecule has 6 aromatic rings. The Hall–Kier alpha value is -4.90. The van der Waals surface area contributed by atoms with Gasteiger partial charge in [0.2, 0.25) is 0 Å². The van der Waals surface area contributed by atoms with Gasteiger partial charge in [-0.15, -0.1) is 0 Å². The van der Waals surface area contributed by atoms with Crippen LogP contribution < -0.4 is 22.9 Å². The number of aromatic nitrogens is 4. The first-order chi connectivity index (χ1) is 29.9. The molecule has 65 heavy (non-hydrogen) atoms. The molecule has 0 bridgehead atoms. The van der Waals surface area contributed by atoms with Gasteiger partial charge in [0.1, 0.15) is 22.4 Å². The second kappa shape index (κ2) is 19.9. The van der Waals surface area contributed by atoms with Crippen molar-refractivity contribution in [3.05, 3.63) is 117 Å². The second-order valence-electron chi connectivity index (χ2n) is 18.6. The van der Waals surface area contributed by atoms with E-state index in [0.29, 0.717) is 79.5 Å². The molecule has 7 rings (SSSR count). The van der Waals surface area contributed by atoms with Crippen LogP contribution in [0.15, 0.2) is 73.1 Å². The van der Waals surface area contributed by atoms with E-state index in [1.165, 1.54) is 12.4 Å². The Kier molecular flexibility index (Phi) is 16.1. The molecular weight excluding hydrogens is 867 g/mol. The lowest BCUT2D eigenvalue weighted by molar-refractivity contribution is -0.0416. The maximum Gasteiger partial charge on any atom is 0.109 e. The third kappa shape index (κ3) is 12.7. The summed E-state index contributed by atoms with van der Waals surface area (Å²) in [6, 6.07) is 17.9. The Morgan fingerprint density at radius 3 is 1.31 bits per heavy atom. The van der Waals surface area contributed by atoms with Gasteiger partial charge in [0, 0.05) is 44.3 Å². The maximum absolute atomic E-state index is 10.5. The Balaban J connectivity index is 0.000000190. The van der Waals surface area contributed by atoms with E-state index in [-0.39, 0.29) is 0 Å². The molecule has 0 atom stereocenters. The van der Waals surface area contributed by atoms with Crippen LogP contribution in [-0.2, 0) is 33.6 Å². The molecule has 0 radical (unpaired) electrons. The van der Waals surface area contributed by atoms with Crippen LogP contribution in [-0.4, -0.2) is 50.6 Å². The van der Waals surface area contributed by atoms with E-state index in [1.54, 1.807) is 79.7 Å². The Labute approximate surface area is 391 Å². The Morgan fingerprint density at radius 1 is 0.554 bits per heavy atom. The normalized spacial score (nSPS) is 14.0. The number of fused-ring (bicyclic) bond motifs is 2. The molecule has 14 nitrogen and oxygen atoms in total. The minimum absolute atomic E-state index is 0.345. The fourth-order valence-electron chi connectivity index (χ4n) is 7.39. The van der Waals surface area contributed by atoms with Crippen LogP contribution in [0.3, 0.4) is 0 Å². The Bertz CT molecular complexity index is 2470. The number of nitrogens with two attached hydrogens (primary N) is 4. The smallest absolute Gasteiger partial charge is 0.109 e. The van der Waals surface area contributed by atoms with Crippen molar-refractivity contribution in [3.63, 3.8) is 0 Å². The summed E-state index contributed by atoms with van der Waals surface area (Å²) in [6.45, 7) is 16.9. The maximum atomic E-state index is 10.5. The van der Waals surface area contributed by atoms with Crippen molar-refractivity contribution in [1.82, 2.24) is 19.9 Å². The fraction of sp³-hybridized carbons (Fsp3) is 0.429. The predicted octanol–water partition coefficient (Wildman–Crippen LogP) is 8.56. The van der Waals surface area contributed by atoms with Gasteiger partial charge in [-0.3, -0.25) is 9.97 Å². The Morgan fingerprint density at radius 2 is 0.954 bits per heavy atom. The largest absolute Gasteiger partial charge is 0.397 e. The van der Waals surface area contributed by atoms with Gasteiger partial charge >= 0.3 is 0 Å². The molecule has 1 aliphatic carbocycles. The first-order valence-electron chi connectivity index (χ1n) is 21.4. The number of hydrogen-bond acceptors (Lipinski definition) is 14. The molecular formula is C49H66Cl2N8O6. The number of benzene rings is 2.